The largest absolute Gasteiger partial charge is 0.310 e. The second-order valence-electron chi connectivity index (χ2n) is 6.26. The van der Waals surface area contributed by atoms with Crippen LogP contribution in [-0.2, 0) is 7.05 Å². The summed E-state index contributed by atoms with van der Waals surface area (Å²) in [5.41, 5.74) is 2.23. The van der Waals surface area contributed by atoms with Crippen LogP contribution in [0.5, 0.6) is 0 Å². The Morgan fingerprint density at radius 1 is 1.19 bits per heavy atom. The molecule has 27 heavy (non-hydrogen) atoms. The van der Waals surface area contributed by atoms with Crippen molar-refractivity contribution in [2.75, 3.05) is 0 Å². The Kier molecular flexibility index (Phi) is 3.81. The topological polar surface area (TPSA) is 87.4 Å². The van der Waals surface area contributed by atoms with Crippen LogP contribution in [0.3, 0.4) is 0 Å². The van der Waals surface area contributed by atoms with E-state index in [2.05, 4.69) is 15.1 Å². The fourth-order valence-electron chi connectivity index (χ4n) is 3.12. The number of H-pyrrole nitrogens is 1. The van der Waals surface area contributed by atoms with Crippen molar-refractivity contribution in [3.63, 3.8) is 0 Å². The van der Waals surface area contributed by atoms with Gasteiger partial charge in [0.05, 0.1) is 22.3 Å². The van der Waals surface area contributed by atoms with Crippen LogP contribution in [0.25, 0.3) is 33.3 Å². The summed E-state index contributed by atoms with van der Waals surface area (Å²) >= 11 is 0. The highest BCUT2D eigenvalue weighted by atomic mass is 19.1. The second-order valence-corrected chi connectivity index (χ2v) is 6.26. The molecule has 1 N–H and O–H groups in total. The molecule has 6 nitrogen and oxygen atoms in total. The Morgan fingerprint density at radius 3 is 2.70 bits per heavy atom. The number of aromatic amines is 1. The van der Waals surface area contributed by atoms with Crippen LogP contribution in [-0.4, -0.2) is 19.7 Å². The number of halogens is 1. The van der Waals surface area contributed by atoms with E-state index in [9.17, 15) is 9.18 Å². The van der Waals surface area contributed by atoms with Crippen molar-refractivity contribution in [2.24, 2.45) is 7.05 Å². The summed E-state index contributed by atoms with van der Waals surface area (Å²) in [7, 11) is 1.82. The molecule has 0 amide bonds. The van der Waals surface area contributed by atoms with E-state index >= 15 is 0 Å². The van der Waals surface area contributed by atoms with Gasteiger partial charge in [-0.1, -0.05) is 12.1 Å². The Labute approximate surface area is 153 Å². The van der Waals surface area contributed by atoms with Crippen LogP contribution in [0.1, 0.15) is 11.4 Å². The van der Waals surface area contributed by atoms with E-state index in [4.69, 9.17) is 5.26 Å². The fourth-order valence-corrected chi connectivity index (χ4v) is 3.12. The fraction of sp³-hybridized carbons (Fsp3) is 0.100. The normalized spacial score (nSPS) is 10.9. The number of nitriles is 1. The van der Waals surface area contributed by atoms with Crippen LogP contribution < -0.4 is 5.56 Å². The summed E-state index contributed by atoms with van der Waals surface area (Å²) in [4.78, 5) is 19.9. The highest BCUT2D eigenvalue weighted by Crippen LogP contribution is 2.30. The lowest BCUT2D eigenvalue weighted by atomic mass is 9.98. The molecule has 0 saturated carbocycles. The van der Waals surface area contributed by atoms with Crippen molar-refractivity contribution in [1.29, 1.82) is 5.26 Å². The average Bonchev–Trinajstić information content (AvgIpc) is 3.00. The lowest BCUT2D eigenvalue weighted by Crippen LogP contribution is -2.14. The molecule has 2 aromatic heterocycles. The van der Waals surface area contributed by atoms with Crippen LogP contribution in [0, 0.1) is 24.1 Å². The number of nitrogens with one attached hydrogen (secondary N) is 1. The van der Waals surface area contributed by atoms with E-state index in [1.807, 2.05) is 25.4 Å². The van der Waals surface area contributed by atoms with Crippen LogP contribution >= 0.6 is 0 Å². The van der Waals surface area contributed by atoms with Crippen molar-refractivity contribution in [3.05, 3.63) is 70.2 Å². The maximum atomic E-state index is 14.1. The molecule has 0 fully saturated rings. The summed E-state index contributed by atoms with van der Waals surface area (Å²) in [6, 6.07) is 11.5. The monoisotopic (exact) mass is 359 g/mol. The van der Waals surface area contributed by atoms with Gasteiger partial charge in [-0.05, 0) is 36.8 Å². The highest BCUT2D eigenvalue weighted by Gasteiger charge is 2.17. The third-order valence-corrected chi connectivity index (χ3v) is 4.31. The predicted octanol–water partition coefficient (Wildman–Crippen LogP) is 3.31. The molecule has 0 aliphatic heterocycles. The molecular weight excluding hydrogens is 345 g/mol. The minimum Gasteiger partial charge on any atom is -0.310 e. The zero-order chi connectivity index (χ0) is 19.1. The highest BCUT2D eigenvalue weighted by molar-refractivity contribution is 5.88. The van der Waals surface area contributed by atoms with Crippen LogP contribution in [0.15, 0.2) is 47.4 Å². The lowest BCUT2D eigenvalue weighted by molar-refractivity contribution is 0.624. The van der Waals surface area contributed by atoms with Crippen LogP contribution in [0.4, 0.5) is 4.39 Å². The van der Waals surface area contributed by atoms with Gasteiger partial charge >= 0.3 is 0 Å². The number of fused-ring (bicyclic) bond motifs is 1. The number of hydrogen-bond donors (Lipinski definition) is 1. The number of aromatic nitrogens is 4. The number of aryl methyl sites for hydroxylation is 2. The van der Waals surface area contributed by atoms with Crippen molar-refractivity contribution in [1.82, 2.24) is 19.7 Å². The molecule has 2 aromatic carbocycles. The third-order valence-electron chi connectivity index (χ3n) is 4.31. The molecule has 0 saturated heterocycles. The molecule has 132 valence electrons. The molecule has 0 aliphatic carbocycles. The van der Waals surface area contributed by atoms with E-state index in [1.54, 1.807) is 29.8 Å². The standard InChI is InChI=1S/C20H14FN5O/c1-11-23-19(13-3-4-14(9-22)16(21)8-13)18(20(27)24-11)12-5-6-17-15(7-12)10-26(2)25-17/h3-8,10H,1-2H3,(H,23,24,27). The van der Waals surface area contributed by atoms with E-state index in [0.717, 1.165) is 10.9 Å². The Morgan fingerprint density at radius 2 is 1.96 bits per heavy atom. The van der Waals surface area contributed by atoms with Crippen molar-refractivity contribution in [3.8, 4) is 28.5 Å². The number of nitrogens with zero attached hydrogens (tertiary/aromatic N) is 4. The number of rotatable bonds is 2. The van der Waals surface area contributed by atoms with Gasteiger partial charge in [0.1, 0.15) is 17.7 Å². The van der Waals surface area contributed by atoms with Gasteiger partial charge in [-0.3, -0.25) is 9.48 Å². The average molecular weight is 359 g/mol. The molecule has 4 rings (SSSR count). The van der Waals surface area contributed by atoms with Gasteiger partial charge < -0.3 is 4.98 Å². The van der Waals surface area contributed by atoms with E-state index in [0.29, 0.717) is 28.2 Å². The van der Waals surface area contributed by atoms with Crippen molar-refractivity contribution in [2.45, 2.75) is 6.92 Å². The summed E-state index contributed by atoms with van der Waals surface area (Å²) in [5.74, 6) is -0.227. The van der Waals surface area contributed by atoms with Gasteiger partial charge in [-0.25, -0.2) is 9.37 Å². The molecule has 4 aromatic rings. The SMILES string of the molecule is Cc1nc(-c2ccc(C#N)c(F)c2)c(-c2ccc3nn(C)cc3c2)c(=O)[nH]1. The van der Waals surface area contributed by atoms with Gasteiger partial charge in [-0.2, -0.15) is 10.4 Å². The minimum atomic E-state index is -0.650. The maximum Gasteiger partial charge on any atom is 0.259 e. The summed E-state index contributed by atoms with van der Waals surface area (Å²) in [6.07, 6.45) is 1.86. The molecule has 7 heteroatoms. The first kappa shape index (κ1) is 16.7. The van der Waals surface area contributed by atoms with Gasteiger partial charge in [0, 0.05) is 24.2 Å². The Hall–Kier alpha value is -3.79. The Bertz CT molecular complexity index is 1300. The first-order valence-electron chi connectivity index (χ1n) is 8.21. The molecule has 0 aliphatic rings. The molecular formula is C20H14FN5O. The molecule has 2 heterocycles. The van der Waals surface area contributed by atoms with E-state index in [-0.39, 0.29) is 11.1 Å². The summed E-state index contributed by atoms with van der Waals surface area (Å²) in [5, 5.41) is 14.1. The van der Waals surface area contributed by atoms with Crippen molar-refractivity contribution >= 4 is 10.9 Å². The predicted molar refractivity (Wildman–Crippen MR) is 99.4 cm³/mol. The first-order chi connectivity index (χ1) is 13.0. The van der Waals surface area contributed by atoms with Gasteiger partial charge in [0.15, 0.2) is 0 Å². The third kappa shape index (κ3) is 2.87. The second kappa shape index (κ2) is 6.18. The number of hydrogen-bond acceptors (Lipinski definition) is 4. The summed E-state index contributed by atoms with van der Waals surface area (Å²) in [6.45, 7) is 1.67. The molecule has 0 radical (unpaired) electrons. The zero-order valence-electron chi connectivity index (χ0n) is 14.6. The maximum absolute atomic E-state index is 14.1. The smallest absolute Gasteiger partial charge is 0.259 e. The Balaban J connectivity index is 1.99. The molecule has 0 atom stereocenters. The van der Waals surface area contributed by atoms with Gasteiger partial charge in [-0.15, -0.1) is 0 Å². The van der Waals surface area contributed by atoms with Gasteiger partial charge in [0.2, 0.25) is 0 Å². The first-order valence-corrected chi connectivity index (χ1v) is 8.21. The van der Waals surface area contributed by atoms with E-state index < -0.39 is 5.82 Å². The zero-order valence-corrected chi connectivity index (χ0v) is 14.6. The molecule has 0 spiro atoms. The molecule has 0 unspecified atom stereocenters. The minimum absolute atomic E-state index is 0.0568. The lowest BCUT2D eigenvalue weighted by Gasteiger charge is -2.10. The van der Waals surface area contributed by atoms with Gasteiger partial charge in [0.25, 0.3) is 5.56 Å². The summed E-state index contributed by atoms with van der Waals surface area (Å²) < 4.78 is 15.8. The van der Waals surface area contributed by atoms with Crippen molar-refractivity contribution < 1.29 is 4.39 Å². The van der Waals surface area contributed by atoms with Crippen LogP contribution in [0.2, 0.25) is 0 Å². The van der Waals surface area contributed by atoms with E-state index in [1.165, 1.54) is 12.1 Å². The molecule has 0 bridgehead atoms. The quantitative estimate of drug-likeness (QED) is 0.595. The number of benzene rings is 2.